The Kier molecular flexibility index (Phi) is 5.35. The zero-order valence-corrected chi connectivity index (χ0v) is 20.7. The number of hydrogen-bond acceptors (Lipinski definition) is 2. The van der Waals surface area contributed by atoms with Crippen LogP contribution < -0.4 is 10.2 Å². The van der Waals surface area contributed by atoms with Crippen LogP contribution in [-0.4, -0.2) is 13.1 Å². The fraction of sp³-hybridized carbons (Fsp3) is 0.355. The van der Waals surface area contributed by atoms with Crippen LogP contribution in [-0.2, 0) is 10.8 Å². The van der Waals surface area contributed by atoms with Crippen molar-refractivity contribution >= 4 is 11.4 Å². The molecule has 2 aromatic carbocycles. The van der Waals surface area contributed by atoms with Gasteiger partial charge < -0.3 is 10.2 Å². The minimum Gasteiger partial charge on any atom is -0.378 e. The number of hydrogen-bond donors (Lipinski definition) is 1. The van der Waals surface area contributed by atoms with Gasteiger partial charge in [-0.2, -0.15) is 0 Å². The summed E-state index contributed by atoms with van der Waals surface area (Å²) in [5.74, 6) is 0. The molecule has 1 N–H and O–H groups in total. The van der Waals surface area contributed by atoms with Crippen molar-refractivity contribution in [2.24, 2.45) is 0 Å². The monoisotopic (exact) mass is 436 g/mol. The molecule has 2 aromatic rings. The average Bonchev–Trinajstić information content (AvgIpc) is 3.18. The predicted molar refractivity (Wildman–Crippen MR) is 142 cm³/mol. The number of likely N-dealkylation sites (N-methyl/N-ethyl adjacent to an activating group) is 1. The summed E-state index contributed by atoms with van der Waals surface area (Å²) in [5.41, 5.74) is 9.76. The van der Waals surface area contributed by atoms with Gasteiger partial charge in [0.2, 0.25) is 0 Å². The minimum absolute atomic E-state index is 0.0260. The molecular formula is C31H36N2. The third kappa shape index (κ3) is 3.76. The van der Waals surface area contributed by atoms with Gasteiger partial charge in [-0.1, -0.05) is 88.4 Å². The van der Waals surface area contributed by atoms with Gasteiger partial charge in [-0.25, -0.2) is 0 Å². The van der Waals surface area contributed by atoms with Gasteiger partial charge in [0.15, 0.2) is 0 Å². The van der Waals surface area contributed by atoms with E-state index in [1.807, 2.05) is 0 Å². The summed E-state index contributed by atoms with van der Waals surface area (Å²) in [6.07, 6.45) is 15.3. The zero-order valence-electron chi connectivity index (χ0n) is 20.7. The zero-order chi connectivity index (χ0) is 23.2. The maximum absolute atomic E-state index is 3.72. The maximum Gasteiger partial charge on any atom is 0.0539 e. The van der Waals surface area contributed by atoms with Crippen molar-refractivity contribution in [3.63, 3.8) is 0 Å². The molecule has 2 heteroatoms. The number of nitrogens with one attached hydrogen (secondary N) is 1. The first-order valence-corrected chi connectivity index (χ1v) is 12.3. The van der Waals surface area contributed by atoms with Crippen LogP contribution in [0.5, 0.6) is 0 Å². The van der Waals surface area contributed by atoms with Crippen molar-refractivity contribution in [1.29, 1.82) is 0 Å². The first kappa shape index (κ1) is 21.8. The molecule has 0 saturated carbocycles. The van der Waals surface area contributed by atoms with E-state index >= 15 is 0 Å². The smallest absolute Gasteiger partial charge is 0.0539 e. The SMILES string of the molecule is CN1/C(=C/C=C2C=C(/C=C/C3Nc4ccccc4C3(C)C)CCC/2)C(C)(C)c2ccccc21. The summed E-state index contributed by atoms with van der Waals surface area (Å²) in [5, 5.41) is 3.72. The number of rotatable bonds is 3. The molecule has 0 amide bonds. The number of anilines is 2. The molecule has 33 heavy (non-hydrogen) atoms. The van der Waals surface area contributed by atoms with Gasteiger partial charge >= 0.3 is 0 Å². The highest BCUT2D eigenvalue weighted by Gasteiger charge is 2.38. The number of allylic oxidation sites excluding steroid dienone is 7. The molecule has 0 spiro atoms. The number of fused-ring (bicyclic) bond motifs is 2. The number of para-hydroxylation sites is 2. The summed E-state index contributed by atoms with van der Waals surface area (Å²) < 4.78 is 0. The second-order valence-corrected chi connectivity index (χ2v) is 10.8. The summed E-state index contributed by atoms with van der Waals surface area (Å²) in [6.45, 7) is 9.34. The average molecular weight is 437 g/mol. The molecule has 1 atom stereocenters. The van der Waals surface area contributed by atoms with E-state index in [1.165, 1.54) is 45.8 Å². The third-order valence-corrected chi connectivity index (χ3v) is 7.91. The molecule has 0 radical (unpaired) electrons. The highest BCUT2D eigenvalue weighted by Crippen LogP contribution is 2.46. The Hall–Kier alpha value is -3.00. The molecule has 0 fully saturated rings. The Balaban J connectivity index is 1.36. The number of nitrogens with zero attached hydrogens (tertiary/aromatic N) is 1. The highest BCUT2D eigenvalue weighted by molar-refractivity contribution is 5.70. The summed E-state index contributed by atoms with van der Waals surface area (Å²) in [4.78, 5) is 2.35. The van der Waals surface area contributed by atoms with E-state index in [9.17, 15) is 0 Å². The molecule has 2 nitrogen and oxygen atoms in total. The lowest BCUT2D eigenvalue weighted by Gasteiger charge is -2.25. The molecule has 0 saturated heterocycles. The fourth-order valence-electron chi connectivity index (χ4n) is 5.82. The Labute approximate surface area is 199 Å². The first-order valence-electron chi connectivity index (χ1n) is 12.3. The third-order valence-electron chi connectivity index (χ3n) is 7.91. The second-order valence-electron chi connectivity index (χ2n) is 10.8. The minimum atomic E-state index is 0.0260. The van der Waals surface area contributed by atoms with Crippen LogP contribution in [0.1, 0.15) is 58.1 Å². The summed E-state index contributed by atoms with van der Waals surface area (Å²) in [6, 6.07) is 17.8. The molecule has 1 aliphatic carbocycles. The maximum atomic E-state index is 3.72. The van der Waals surface area contributed by atoms with Crippen LogP contribution in [0.15, 0.2) is 95.8 Å². The van der Waals surface area contributed by atoms with Gasteiger partial charge in [-0.15, -0.1) is 0 Å². The van der Waals surface area contributed by atoms with Gasteiger partial charge in [0.25, 0.3) is 0 Å². The van der Waals surface area contributed by atoms with Crippen molar-refractivity contribution in [3.8, 4) is 0 Å². The Morgan fingerprint density at radius 2 is 1.64 bits per heavy atom. The van der Waals surface area contributed by atoms with Crippen LogP contribution in [0, 0.1) is 0 Å². The number of benzene rings is 2. The van der Waals surface area contributed by atoms with Crippen LogP contribution in [0.2, 0.25) is 0 Å². The standard InChI is InChI=1S/C31H36N2/c1-30(2)24-13-6-8-15-26(24)32-28(30)19-17-22-11-10-12-23(21-22)18-20-29-31(3,4)25-14-7-9-16-27(25)33(29)5/h6-9,13-21,28,32H,10-12H2,1-5H3/b19-17+,23-18+,29-20+. The molecule has 0 aromatic heterocycles. The summed E-state index contributed by atoms with van der Waals surface area (Å²) >= 11 is 0. The molecule has 1 unspecified atom stereocenters. The van der Waals surface area contributed by atoms with Gasteiger partial charge in [0, 0.05) is 34.9 Å². The molecule has 170 valence electrons. The van der Waals surface area contributed by atoms with Gasteiger partial charge in [-0.3, -0.25) is 0 Å². The van der Waals surface area contributed by atoms with Crippen molar-refractivity contribution < 1.29 is 0 Å². The lowest BCUT2D eigenvalue weighted by molar-refractivity contribution is 0.517. The lowest BCUT2D eigenvalue weighted by atomic mass is 9.80. The van der Waals surface area contributed by atoms with E-state index in [0.717, 1.165) is 12.8 Å². The van der Waals surface area contributed by atoms with Crippen LogP contribution in [0.25, 0.3) is 0 Å². The van der Waals surface area contributed by atoms with Gasteiger partial charge in [0.05, 0.1) is 6.04 Å². The molecule has 5 rings (SSSR count). The van der Waals surface area contributed by atoms with Crippen molar-refractivity contribution in [1.82, 2.24) is 0 Å². The van der Waals surface area contributed by atoms with Crippen LogP contribution in [0.4, 0.5) is 11.4 Å². The Bertz CT molecular complexity index is 1190. The van der Waals surface area contributed by atoms with Crippen molar-refractivity contribution in [2.75, 3.05) is 17.3 Å². The van der Waals surface area contributed by atoms with Crippen LogP contribution in [0.3, 0.4) is 0 Å². The van der Waals surface area contributed by atoms with Gasteiger partial charge in [-0.05, 0) is 59.7 Å². The largest absolute Gasteiger partial charge is 0.378 e. The Morgan fingerprint density at radius 3 is 2.39 bits per heavy atom. The molecule has 0 bridgehead atoms. The molecule has 2 heterocycles. The molecule has 2 aliphatic heterocycles. The van der Waals surface area contributed by atoms with E-state index in [1.54, 1.807) is 0 Å². The first-order chi connectivity index (χ1) is 15.8. The molecule has 3 aliphatic rings. The van der Waals surface area contributed by atoms with E-state index < -0.39 is 0 Å². The fourth-order valence-corrected chi connectivity index (χ4v) is 5.82. The lowest BCUT2D eigenvalue weighted by Crippen LogP contribution is -2.31. The van der Waals surface area contributed by atoms with E-state index in [0.29, 0.717) is 6.04 Å². The van der Waals surface area contributed by atoms with Crippen LogP contribution >= 0.6 is 0 Å². The Morgan fingerprint density at radius 1 is 0.909 bits per heavy atom. The van der Waals surface area contributed by atoms with Gasteiger partial charge in [0.1, 0.15) is 0 Å². The normalized spacial score (nSPS) is 25.3. The van der Waals surface area contributed by atoms with E-state index in [-0.39, 0.29) is 10.8 Å². The van der Waals surface area contributed by atoms with E-state index in [4.69, 9.17) is 0 Å². The topological polar surface area (TPSA) is 15.3 Å². The van der Waals surface area contributed by atoms with E-state index in [2.05, 4.69) is 124 Å². The summed E-state index contributed by atoms with van der Waals surface area (Å²) in [7, 11) is 2.19. The highest BCUT2D eigenvalue weighted by atomic mass is 15.2. The molecular weight excluding hydrogens is 400 g/mol. The van der Waals surface area contributed by atoms with Crippen molar-refractivity contribution in [2.45, 2.75) is 63.8 Å². The second kappa shape index (κ2) is 8.09. The predicted octanol–water partition coefficient (Wildman–Crippen LogP) is 7.66. The quantitative estimate of drug-likeness (QED) is 0.531. The van der Waals surface area contributed by atoms with Crippen molar-refractivity contribution in [3.05, 3.63) is 107 Å².